The molecule has 2 aromatic heterocycles. The average molecular weight is 429 g/mol. The topological polar surface area (TPSA) is 83.0 Å². The Labute approximate surface area is 175 Å². The van der Waals surface area contributed by atoms with Crippen LogP contribution in [0.1, 0.15) is 18.6 Å². The molecular formula is C20H17ClN4O3S. The molecule has 4 rings (SSSR count). The molecule has 0 saturated heterocycles. The fourth-order valence-electron chi connectivity index (χ4n) is 2.85. The maximum atomic E-state index is 13.3. The highest BCUT2D eigenvalue weighted by Crippen LogP contribution is 2.29. The molecular weight excluding hydrogens is 412 g/mol. The zero-order valence-corrected chi connectivity index (χ0v) is 17.3. The van der Waals surface area contributed by atoms with Crippen molar-refractivity contribution in [2.75, 3.05) is 7.11 Å². The summed E-state index contributed by atoms with van der Waals surface area (Å²) in [4.78, 5) is 22.3. The molecule has 0 unspecified atom stereocenters. The lowest BCUT2D eigenvalue weighted by molar-refractivity contribution is 0.385. The van der Waals surface area contributed by atoms with Crippen LogP contribution in [0.25, 0.3) is 16.6 Å². The van der Waals surface area contributed by atoms with Gasteiger partial charge in [0, 0.05) is 6.42 Å². The molecule has 0 aliphatic carbocycles. The Hall–Kier alpha value is -2.84. The minimum Gasteiger partial charge on any atom is -0.495 e. The van der Waals surface area contributed by atoms with E-state index in [0.29, 0.717) is 56.4 Å². The van der Waals surface area contributed by atoms with Gasteiger partial charge in [-0.05, 0) is 30.3 Å². The van der Waals surface area contributed by atoms with E-state index < -0.39 is 0 Å². The summed E-state index contributed by atoms with van der Waals surface area (Å²) in [6.07, 6.45) is 0.692. The lowest BCUT2D eigenvalue weighted by atomic mass is 10.2. The van der Waals surface area contributed by atoms with Crippen molar-refractivity contribution in [3.63, 3.8) is 0 Å². The number of aryl methyl sites for hydroxylation is 1. The third-order valence-electron chi connectivity index (χ3n) is 4.29. The second-order valence-electron chi connectivity index (χ2n) is 6.12. The van der Waals surface area contributed by atoms with Crippen LogP contribution in [0.3, 0.4) is 0 Å². The van der Waals surface area contributed by atoms with Gasteiger partial charge in [0.05, 0.1) is 34.5 Å². The molecule has 0 bridgehead atoms. The number of ether oxygens (including phenoxy) is 1. The molecule has 0 amide bonds. The molecule has 0 radical (unpaired) electrons. The SMILES string of the molecule is CCc1noc(CSc2nc3ccccc3c(=O)n2-c2ccc(OC)c(Cl)c2)n1. The van der Waals surface area contributed by atoms with Crippen LogP contribution in [0.5, 0.6) is 5.75 Å². The van der Waals surface area contributed by atoms with Gasteiger partial charge in [0.2, 0.25) is 5.89 Å². The van der Waals surface area contributed by atoms with Gasteiger partial charge in [-0.2, -0.15) is 4.98 Å². The summed E-state index contributed by atoms with van der Waals surface area (Å²) in [5.41, 5.74) is 1.04. The Bertz CT molecular complexity index is 1240. The first-order chi connectivity index (χ1) is 14.1. The van der Waals surface area contributed by atoms with Gasteiger partial charge >= 0.3 is 0 Å². The van der Waals surface area contributed by atoms with Crippen molar-refractivity contribution in [2.45, 2.75) is 24.3 Å². The molecule has 29 heavy (non-hydrogen) atoms. The highest BCUT2D eigenvalue weighted by Gasteiger charge is 2.16. The molecule has 0 aliphatic rings. The first kappa shape index (κ1) is 19.5. The Balaban J connectivity index is 1.82. The number of hydrogen-bond acceptors (Lipinski definition) is 7. The monoisotopic (exact) mass is 428 g/mol. The molecule has 148 valence electrons. The first-order valence-corrected chi connectivity index (χ1v) is 10.3. The van der Waals surface area contributed by atoms with Crippen LogP contribution in [-0.4, -0.2) is 26.8 Å². The molecule has 0 aliphatic heterocycles. The van der Waals surface area contributed by atoms with Gasteiger partial charge in [0.15, 0.2) is 11.0 Å². The fraction of sp³-hybridized carbons (Fsp3) is 0.200. The molecule has 2 heterocycles. The fourth-order valence-corrected chi connectivity index (χ4v) is 3.95. The minimum absolute atomic E-state index is 0.181. The number of benzene rings is 2. The molecule has 0 fully saturated rings. The summed E-state index contributed by atoms with van der Waals surface area (Å²) in [6, 6.07) is 12.4. The summed E-state index contributed by atoms with van der Waals surface area (Å²) < 4.78 is 12.0. The Morgan fingerprint density at radius 1 is 1.21 bits per heavy atom. The Morgan fingerprint density at radius 3 is 2.76 bits per heavy atom. The van der Waals surface area contributed by atoms with E-state index in [-0.39, 0.29) is 5.56 Å². The number of thioether (sulfide) groups is 1. The van der Waals surface area contributed by atoms with Gasteiger partial charge < -0.3 is 9.26 Å². The van der Waals surface area contributed by atoms with Gasteiger partial charge in [-0.25, -0.2) is 4.98 Å². The average Bonchev–Trinajstić information content (AvgIpc) is 3.20. The van der Waals surface area contributed by atoms with Crippen molar-refractivity contribution in [1.29, 1.82) is 0 Å². The lowest BCUT2D eigenvalue weighted by Crippen LogP contribution is -2.21. The number of rotatable bonds is 6. The van der Waals surface area contributed by atoms with Gasteiger partial charge in [0.25, 0.3) is 5.56 Å². The number of halogens is 1. The van der Waals surface area contributed by atoms with Crippen molar-refractivity contribution in [3.8, 4) is 11.4 Å². The summed E-state index contributed by atoms with van der Waals surface area (Å²) in [7, 11) is 1.54. The minimum atomic E-state index is -0.181. The highest BCUT2D eigenvalue weighted by molar-refractivity contribution is 7.98. The molecule has 4 aromatic rings. The summed E-state index contributed by atoms with van der Waals surface area (Å²) in [5.74, 6) is 2.05. The van der Waals surface area contributed by atoms with Crippen LogP contribution in [0.15, 0.2) is 56.9 Å². The predicted octanol–water partition coefficient (Wildman–Crippen LogP) is 4.29. The van der Waals surface area contributed by atoms with E-state index in [2.05, 4.69) is 15.1 Å². The lowest BCUT2D eigenvalue weighted by Gasteiger charge is -2.14. The predicted molar refractivity (Wildman–Crippen MR) is 112 cm³/mol. The smallest absolute Gasteiger partial charge is 0.266 e. The standard InChI is InChI=1S/C20H17ClN4O3S/c1-3-17-23-18(28-24-17)11-29-20-22-15-7-5-4-6-13(15)19(26)25(20)12-8-9-16(27-2)14(21)10-12/h4-10H,3,11H2,1-2H3. The third-order valence-corrected chi connectivity index (χ3v) is 5.51. The molecule has 0 N–H and O–H groups in total. The van der Waals surface area contributed by atoms with E-state index in [1.165, 1.54) is 16.3 Å². The summed E-state index contributed by atoms with van der Waals surface area (Å²) in [6.45, 7) is 1.96. The van der Waals surface area contributed by atoms with E-state index in [1.54, 1.807) is 31.4 Å². The quantitative estimate of drug-likeness (QED) is 0.334. The Kier molecular flexibility index (Phi) is 5.55. The van der Waals surface area contributed by atoms with Crippen molar-refractivity contribution in [1.82, 2.24) is 19.7 Å². The van der Waals surface area contributed by atoms with Crippen LogP contribution in [0.4, 0.5) is 0 Å². The number of nitrogens with zero attached hydrogens (tertiary/aromatic N) is 4. The maximum absolute atomic E-state index is 13.3. The van der Waals surface area contributed by atoms with E-state index in [4.69, 9.17) is 20.9 Å². The first-order valence-electron chi connectivity index (χ1n) is 8.90. The molecule has 9 heteroatoms. The van der Waals surface area contributed by atoms with E-state index in [9.17, 15) is 4.79 Å². The highest BCUT2D eigenvalue weighted by atomic mass is 35.5. The molecule has 0 saturated carbocycles. The molecule has 7 nitrogen and oxygen atoms in total. The number of methoxy groups -OCH3 is 1. The van der Waals surface area contributed by atoms with Gasteiger partial charge in [-0.3, -0.25) is 9.36 Å². The van der Waals surface area contributed by atoms with Crippen molar-refractivity contribution >= 4 is 34.3 Å². The Morgan fingerprint density at radius 2 is 2.03 bits per heavy atom. The largest absolute Gasteiger partial charge is 0.495 e. The van der Waals surface area contributed by atoms with Gasteiger partial charge in [0.1, 0.15) is 5.75 Å². The van der Waals surface area contributed by atoms with Crippen LogP contribution in [0.2, 0.25) is 5.02 Å². The van der Waals surface area contributed by atoms with Crippen LogP contribution >= 0.6 is 23.4 Å². The maximum Gasteiger partial charge on any atom is 0.266 e. The number of para-hydroxylation sites is 1. The zero-order valence-electron chi connectivity index (χ0n) is 15.8. The summed E-state index contributed by atoms with van der Waals surface area (Å²) >= 11 is 7.64. The van der Waals surface area contributed by atoms with E-state index >= 15 is 0 Å². The second kappa shape index (κ2) is 8.26. The van der Waals surface area contributed by atoms with Crippen molar-refractivity contribution < 1.29 is 9.26 Å². The molecule has 0 spiro atoms. The van der Waals surface area contributed by atoms with E-state index in [1.807, 2.05) is 25.1 Å². The van der Waals surface area contributed by atoms with E-state index in [0.717, 1.165) is 0 Å². The van der Waals surface area contributed by atoms with Crippen LogP contribution < -0.4 is 10.3 Å². The van der Waals surface area contributed by atoms with Crippen LogP contribution in [0, 0.1) is 0 Å². The summed E-state index contributed by atoms with van der Waals surface area (Å²) in [5, 5.41) is 5.34. The number of hydrogen-bond donors (Lipinski definition) is 0. The normalized spacial score (nSPS) is 11.1. The molecule has 0 atom stereocenters. The number of aromatic nitrogens is 4. The van der Waals surface area contributed by atoms with Crippen molar-refractivity contribution in [3.05, 3.63) is 69.6 Å². The molecule has 2 aromatic carbocycles. The second-order valence-corrected chi connectivity index (χ2v) is 7.47. The van der Waals surface area contributed by atoms with Gasteiger partial charge in [-0.1, -0.05) is 47.6 Å². The van der Waals surface area contributed by atoms with Crippen LogP contribution in [-0.2, 0) is 12.2 Å². The third kappa shape index (κ3) is 3.86. The van der Waals surface area contributed by atoms with Gasteiger partial charge in [-0.15, -0.1) is 0 Å². The number of fused-ring (bicyclic) bond motifs is 1. The van der Waals surface area contributed by atoms with Crippen molar-refractivity contribution in [2.24, 2.45) is 0 Å². The zero-order chi connectivity index (χ0) is 20.4.